The molecule has 2 rings (SSSR count). The number of carbonyl (C=O) groups is 1. The Hall–Kier alpha value is -0.420. The van der Waals surface area contributed by atoms with Gasteiger partial charge in [-0.25, -0.2) is 0 Å². The third kappa shape index (κ3) is 7.34. The van der Waals surface area contributed by atoms with Crippen molar-refractivity contribution in [3.63, 3.8) is 0 Å². The Morgan fingerprint density at radius 3 is 2.57 bits per heavy atom. The van der Waals surface area contributed by atoms with Crippen LogP contribution in [0.4, 0.5) is 0 Å². The van der Waals surface area contributed by atoms with Gasteiger partial charge >= 0.3 is 5.97 Å². The lowest BCUT2D eigenvalue weighted by atomic mass is 9.97. The van der Waals surface area contributed by atoms with Crippen LogP contribution in [0, 0.1) is 5.92 Å². The molecular formula is C17H24Cl2NO2S-. The average molecular weight is 377 g/mol. The molecule has 0 aliphatic carbocycles. The molecular weight excluding hydrogens is 353 g/mol. The molecule has 0 aromatic heterocycles. The third-order valence-corrected chi connectivity index (χ3v) is 5.26. The molecule has 1 fully saturated rings. The molecule has 0 unspecified atom stereocenters. The van der Waals surface area contributed by atoms with Crippen molar-refractivity contribution >= 4 is 29.3 Å². The van der Waals surface area contributed by atoms with E-state index in [4.69, 9.17) is 16.3 Å². The van der Waals surface area contributed by atoms with Gasteiger partial charge in [-0.2, -0.15) is 0 Å². The van der Waals surface area contributed by atoms with Crippen LogP contribution in [0.1, 0.15) is 26.2 Å². The van der Waals surface area contributed by atoms with Gasteiger partial charge in [-0.3, -0.25) is 4.79 Å². The van der Waals surface area contributed by atoms with Gasteiger partial charge in [0, 0.05) is 9.92 Å². The van der Waals surface area contributed by atoms with Gasteiger partial charge in [-0.1, -0.05) is 11.6 Å². The Morgan fingerprint density at radius 2 is 1.96 bits per heavy atom. The van der Waals surface area contributed by atoms with Crippen LogP contribution in [0.25, 0.3) is 0 Å². The molecule has 0 atom stereocenters. The molecule has 130 valence electrons. The smallest absolute Gasteiger partial charge is 0.309 e. The molecule has 0 spiro atoms. The van der Waals surface area contributed by atoms with Gasteiger partial charge in [0.25, 0.3) is 0 Å². The zero-order valence-electron chi connectivity index (χ0n) is 13.5. The van der Waals surface area contributed by atoms with Crippen LogP contribution in [-0.4, -0.2) is 42.9 Å². The number of benzene rings is 1. The minimum absolute atomic E-state index is 0. The fraction of sp³-hybridized carbons (Fsp3) is 0.588. The van der Waals surface area contributed by atoms with Crippen LogP contribution in [-0.2, 0) is 9.53 Å². The lowest BCUT2D eigenvalue weighted by Gasteiger charge is -2.30. The number of hydrogen-bond donors (Lipinski definition) is 0. The van der Waals surface area contributed by atoms with Crippen molar-refractivity contribution in [2.24, 2.45) is 5.92 Å². The summed E-state index contributed by atoms with van der Waals surface area (Å²) in [7, 11) is 0. The first-order chi connectivity index (χ1) is 10.7. The minimum Gasteiger partial charge on any atom is -1.00 e. The molecule has 1 aliphatic rings. The van der Waals surface area contributed by atoms with Crippen LogP contribution in [0.3, 0.4) is 0 Å². The van der Waals surface area contributed by atoms with Gasteiger partial charge in [0.15, 0.2) is 0 Å². The van der Waals surface area contributed by atoms with E-state index in [1.807, 2.05) is 30.8 Å². The summed E-state index contributed by atoms with van der Waals surface area (Å²) in [5, 5.41) is 0.786. The fourth-order valence-corrected chi connectivity index (χ4v) is 3.63. The molecule has 1 saturated heterocycles. The van der Waals surface area contributed by atoms with Crippen LogP contribution >= 0.6 is 23.4 Å². The lowest BCUT2D eigenvalue weighted by Crippen LogP contribution is -3.00. The van der Waals surface area contributed by atoms with E-state index in [1.165, 1.54) is 4.90 Å². The Bertz CT molecular complexity index is 462. The standard InChI is InChI=1S/C17H24ClNO2S.ClH/c1-2-21-17(20)14-8-11-19(12-9-14)10-3-13-22-16-6-4-15(18)5-7-16;/h4-7,14H,2-3,8-13H2,1H3;1H/p-1. The van der Waals surface area contributed by atoms with Crippen molar-refractivity contribution in [2.45, 2.75) is 31.1 Å². The van der Waals surface area contributed by atoms with Gasteiger partial charge in [0.1, 0.15) is 0 Å². The molecule has 0 amide bonds. The Kier molecular flexibility index (Phi) is 10.0. The van der Waals surface area contributed by atoms with E-state index in [0.29, 0.717) is 6.61 Å². The van der Waals surface area contributed by atoms with Crippen molar-refractivity contribution in [3.8, 4) is 0 Å². The number of halogens is 2. The van der Waals surface area contributed by atoms with Crippen molar-refractivity contribution in [1.82, 2.24) is 4.90 Å². The maximum Gasteiger partial charge on any atom is 0.309 e. The van der Waals surface area contributed by atoms with E-state index < -0.39 is 0 Å². The maximum absolute atomic E-state index is 11.7. The number of carbonyl (C=O) groups excluding carboxylic acids is 1. The second kappa shape index (κ2) is 11.2. The van der Waals surface area contributed by atoms with E-state index in [1.54, 1.807) is 0 Å². The first-order valence-electron chi connectivity index (χ1n) is 7.96. The van der Waals surface area contributed by atoms with E-state index >= 15 is 0 Å². The summed E-state index contributed by atoms with van der Waals surface area (Å²) in [5.41, 5.74) is 0. The molecule has 1 aromatic rings. The first kappa shape index (κ1) is 20.6. The molecule has 0 radical (unpaired) electrons. The van der Waals surface area contributed by atoms with Gasteiger partial charge in [0.05, 0.1) is 12.5 Å². The van der Waals surface area contributed by atoms with Gasteiger partial charge in [-0.05, 0) is 75.8 Å². The zero-order valence-corrected chi connectivity index (χ0v) is 15.8. The topological polar surface area (TPSA) is 29.5 Å². The van der Waals surface area contributed by atoms with Crippen molar-refractivity contribution < 1.29 is 21.9 Å². The molecule has 6 heteroatoms. The summed E-state index contributed by atoms with van der Waals surface area (Å²) in [6, 6.07) is 8.00. The van der Waals surface area contributed by atoms with E-state index in [0.717, 1.165) is 49.7 Å². The molecule has 0 bridgehead atoms. The Balaban J connectivity index is 0.00000264. The van der Waals surface area contributed by atoms with Crippen LogP contribution < -0.4 is 12.4 Å². The summed E-state index contributed by atoms with van der Waals surface area (Å²) in [5.74, 6) is 1.21. The second-order valence-electron chi connectivity index (χ2n) is 5.52. The molecule has 1 heterocycles. The number of likely N-dealkylation sites (tertiary alicyclic amines) is 1. The number of hydrogen-bond acceptors (Lipinski definition) is 4. The molecule has 23 heavy (non-hydrogen) atoms. The highest BCUT2D eigenvalue weighted by Crippen LogP contribution is 2.22. The highest BCUT2D eigenvalue weighted by Gasteiger charge is 2.25. The summed E-state index contributed by atoms with van der Waals surface area (Å²) >= 11 is 7.75. The number of nitrogens with zero attached hydrogens (tertiary/aromatic N) is 1. The predicted octanol–water partition coefficient (Wildman–Crippen LogP) is 1.10. The second-order valence-corrected chi connectivity index (χ2v) is 7.13. The highest BCUT2D eigenvalue weighted by molar-refractivity contribution is 7.99. The molecule has 0 saturated carbocycles. The lowest BCUT2D eigenvalue weighted by molar-refractivity contribution is -0.149. The molecule has 1 aliphatic heterocycles. The van der Waals surface area contributed by atoms with Gasteiger partial charge in [0.2, 0.25) is 0 Å². The number of thioether (sulfide) groups is 1. The number of esters is 1. The zero-order chi connectivity index (χ0) is 15.8. The largest absolute Gasteiger partial charge is 1.00 e. The van der Waals surface area contributed by atoms with E-state index in [9.17, 15) is 4.79 Å². The molecule has 1 aromatic carbocycles. The fourth-order valence-electron chi connectivity index (χ4n) is 2.66. The number of rotatable bonds is 7. The Labute approximate surface area is 154 Å². The van der Waals surface area contributed by atoms with Crippen molar-refractivity contribution in [1.29, 1.82) is 0 Å². The molecule has 3 nitrogen and oxygen atoms in total. The van der Waals surface area contributed by atoms with Crippen molar-refractivity contribution in [2.75, 3.05) is 32.0 Å². The summed E-state index contributed by atoms with van der Waals surface area (Å²) in [6.45, 7) is 5.48. The Morgan fingerprint density at radius 1 is 1.30 bits per heavy atom. The van der Waals surface area contributed by atoms with E-state index in [-0.39, 0.29) is 24.3 Å². The summed E-state index contributed by atoms with van der Waals surface area (Å²) in [4.78, 5) is 15.4. The summed E-state index contributed by atoms with van der Waals surface area (Å²) < 4.78 is 5.10. The van der Waals surface area contributed by atoms with Crippen molar-refractivity contribution in [3.05, 3.63) is 29.3 Å². The maximum atomic E-state index is 11.7. The number of ether oxygens (including phenoxy) is 1. The predicted molar refractivity (Wildman–Crippen MR) is 92.6 cm³/mol. The minimum atomic E-state index is -0.0135. The monoisotopic (exact) mass is 376 g/mol. The van der Waals surface area contributed by atoms with Crippen LogP contribution in [0.5, 0.6) is 0 Å². The average Bonchev–Trinajstić information content (AvgIpc) is 2.54. The molecule has 0 N–H and O–H groups in total. The SMILES string of the molecule is CCOC(=O)C1CCN(CCCSc2ccc(Cl)cc2)CC1.[Cl-]. The third-order valence-electron chi connectivity index (χ3n) is 3.91. The van der Waals surface area contributed by atoms with Crippen LogP contribution in [0.15, 0.2) is 29.2 Å². The highest BCUT2D eigenvalue weighted by atomic mass is 35.5. The van der Waals surface area contributed by atoms with Gasteiger partial charge < -0.3 is 22.0 Å². The van der Waals surface area contributed by atoms with Gasteiger partial charge in [-0.15, -0.1) is 11.8 Å². The summed E-state index contributed by atoms with van der Waals surface area (Å²) in [6.07, 6.45) is 3.03. The van der Waals surface area contributed by atoms with Crippen LogP contribution in [0.2, 0.25) is 5.02 Å². The number of piperidine rings is 1. The quantitative estimate of drug-likeness (QED) is 0.405. The van der Waals surface area contributed by atoms with E-state index in [2.05, 4.69) is 17.0 Å². The first-order valence-corrected chi connectivity index (χ1v) is 9.32. The normalized spacial score (nSPS) is 15.9.